The van der Waals surface area contributed by atoms with Crippen LogP contribution in [0.1, 0.15) is 45.1 Å². The summed E-state index contributed by atoms with van der Waals surface area (Å²) in [6.45, 7) is 6.58. The molecule has 7 nitrogen and oxygen atoms in total. The van der Waals surface area contributed by atoms with Crippen molar-refractivity contribution in [2.75, 3.05) is 31.6 Å². The maximum Gasteiger partial charge on any atom is 0.224 e. The summed E-state index contributed by atoms with van der Waals surface area (Å²) < 4.78 is 5.87. The Balaban J connectivity index is 1.40. The molecule has 0 aromatic heterocycles. The van der Waals surface area contributed by atoms with E-state index in [4.69, 9.17) is 4.74 Å². The third kappa shape index (κ3) is 6.44. The van der Waals surface area contributed by atoms with Crippen LogP contribution >= 0.6 is 0 Å². The van der Waals surface area contributed by atoms with Crippen LogP contribution in [0.15, 0.2) is 18.2 Å². The lowest BCUT2D eigenvalue weighted by atomic mass is 10.0. The van der Waals surface area contributed by atoms with Crippen molar-refractivity contribution in [2.45, 2.75) is 58.1 Å². The summed E-state index contributed by atoms with van der Waals surface area (Å²) in [7, 11) is 0. The minimum atomic E-state index is -0.587. The van der Waals surface area contributed by atoms with Crippen molar-refractivity contribution in [3.8, 4) is 5.75 Å². The molecule has 0 saturated carbocycles. The molecule has 1 fully saturated rings. The van der Waals surface area contributed by atoms with Crippen molar-refractivity contribution in [2.24, 2.45) is 5.92 Å². The number of rotatable bonds is 8. The van der Waals surface area contributed by atoms with Crippen molar-refractivity contribution >= 4 is 17.5 Å². The van der Waals surface area contributed by atoms with E-state index in [1.807, 2.05) is 32.0 Å². The number of carbonyl (C=O) groups excluding carboxylic acids is 2. The van der Waals surface area contributed by atoms with Gasteiger partial charge in [-0.15, -0.1) is 0 Å². The quantitative estimate of drug-likeness (QED) is 0.617. The number of anilines is 1. The van der Waals surface area contributed by atoms with Crippen molar-refractivity contribution in [3.63, 3.8) is 0 Å². The highest BCUT2D eigenvalue weighted by Crippen LogP contribution is 2.31. The third-order valence-corrected chi connectivity index (χ3v) is 5.46. The number of nitrogens with zero attached hydrogens (tertiary/aromatic N) is 1. The van der Waals surface area contributed by atoms with Crippen molar-refractivity contribution in [1.29, 1.82) is 0 Å². The van der Waals surface area contributed by atoms with Crippen LogP contribution in [0, 0.1) is 5.92 Å². The molecule has 1 saturated heterocycles. The summed E-state index contributed by atoms with van der Waals surface area (Å²) in [5.41, 5.74) is 1.80. The van der Waals surface area contributed by atoms with Gasteiger partial charge in [0.05, 0.1) is 0 Å². The number of likely N-dealkylation sites (tertiary alicyclic amines) is 1. The minimum Gasteiger partial charge on any atom is -0.490 e. The van der Waals surface area contributed by atoms with E-state index in [1.54, 1.807) is 0 Å². The molecule has 2 heterocycles. The number of piperidine rings is 1. The fraction of sp³-hybridized carbons (Fsp3) is 0.636. The summed E-state index contributed by atoms with van der Waals surface area (Å²) in [5, 5.41) is 16.4. The van der Waals surface area contributed by atoms with Gasteiger partial charge in [-0.1, -0.05) is 19.9 Å². The predicted octanol–water partition coefficient (Wildman–Crippen LogP) is 1.94. The molecule has 2 aliphatic heterocycles. The number of hydrogen-bond donors (Lipinski definition) is 3. The van der Waals surface area contributed by atoms with Gasteiger partial charge in [-0.05, 0) is 37.3 Å². The van der Waals surface area contributed by atoms with Gasteiger partial charge in [0.25, 0.3) is 0 Å². The van der Waals surface area contributed by atoms with Crippen molar-refractivity contribution < 1.29 is 19.4 Å². The normalized spacial score (nSPS) is 18.8. The standard InChI is InChI=1S/C22H33N3O4/c1-15(2)12-22(28)23-16-8-10-25(11-9-16)13-17(26)14-29-20-5-3-4-19-18(20)6-7-21(27)24-19/h3-5,15-17,26H,6-14H2,1-2H3,(H,23,28)(H,24,27)/t17-/m0/s1. The molecule has 1 aromatic rings. The molecule has 1 atom stereocenters. The van der Waals surface area contributed by atoms with E-state index in [9.17, 15) is 14.7 Å². The molecule has 0 spiro atoms. The lowest BCUT2D eigenvalue weighted by Gasteiger charge is -2.33. The van der Waals surface area contributed by atoms with Crippen molar-refractivity contribution in [1.82, 2.24) is 10.2 Å². The van der Waals surface area contributed by atoms with E-state index >= 15 is 0 Å². The van der Waals surface area contributed by atoms with E-state index in [0.29, 0.717) is 31.7 Å². The lowest BCUT2D eigenvalue weighted by Crippen LogP contribution is -2.47. The number of aliphatic hydroxyl groups excluding tert-OH is 1. The van der Waals surface area contributed by atoms with E-state index < -0.39 is 6.10 Å². The zero-order valence-electron chi connectivity index (χ0n) is 17.4. The van der Waals surface area contributed by atoms with Crippen molar-refractivity contribution in [3.05, 3.63) is 23.8 Å². The average Bonchev–Trinajstić information content (AvgIpc) is 2.67. The van der Waals surface area contributed by atoms with Gasteiger partial charge in [0.2, 0.25) is 11.8 Å². The zero-order chi connectivity index (χ0) is 20.8. The smallest absolute Gasteiger partial charge is 0.224 e. The second kappa shape index (κ2) is 10.1. The molecule has 3 rings (SSSR count). The number of benzene rings is 1. The zero-order valence-corrected chi connectivity index (χ0v) is 17.4. The number of amides is 2. The largest absolute Gasteiger partial charge is 0.490 e. The summed E-state index contributed by atoms with van der Waals surface area (Å²) in [5.74, 6) is 1.26. The molecule has 2 aliphatic rings. The first kappa shape index (κ1) is 21.6. The van der Waals surface area contributed by atoms with Crippen LogP contribution < -0.4 is 15.4 Å². The summed E-state index contributed by atoms with van der Waals surface area (Å²) in [4.78, 5) is 25.7. The average molecular weight is 404 g/mol. The number of ether oxygens (including phenoxy) is 1. The van der Waals surface area contributed by atoms with E-state index in [2.05, 4.69) is 15.5 Å². The topological polar surface area (TPSA) is 90.9 Å². The lowest BCUT2D eigenvalue weighted by molar-refractivity contribution is -0.122. The summed E-state index contributed by atoms with van der Waals surface area (Å²) >= 11 is 0. The number of aliphatic hydroxyl groups is 1. The molecule has 0 radical (unpaired) electrons. The molecule has 1 aromatic carbocycles. The van der Waals surface area contributed by atoms with Gasteiger partial charge in [0, 0.05) is 49.8 Å². The molecular formula is C22H33N3O4. The first-order valence-electron chi connectivity index (χ1n) is 10.6. The minimum absolute atomic E-state index is 0.0264. The van der Waals surface area contributed by atoms with Crippen LogP contribution in [0.2, 0.25) is 0 Å². The van der Waals surface area contributed by atoms with Gasteiger partial charge in [0.15, 0.2) is 0 Å². The predicted molar refractivity (Wildman–Crippen MR) is 112 cm³/mol. The van der Waals surface area contributed by atoms with Crippen LogP contribution in [0.25, 0.3) is 0 Å². The van der Waals surface area contributed by atoms with E-state index in [-0.39, 0.29) is 24.5 Å². The molecule has 29 heavy (non-hydrogen) atoms. The van der Waals surface area contributed by atoms with Crippen LogP contribution in [-0.2, 0) is 16.0 Å². The third-order valence-electron chi connectivity index (χ3n) is 5.46. The number of β-amino-alcohol motifs (C(OH)–C–C–N with tert-alkyl or cyclic N) is 1. The maximum atomic E-state index is 11.9. The van der Waals surface area contributed by atoms with Gasteiger partial charge in [-0.2, -0.15) is 0 Å². The second-order valence-corrected chi connectivity index (χ2v) is 8.54. The number of nitrogens with one attached hydrogen (secondary N) is 2. The Hall–Kier alpha value is -2.12. The monoisotopic (exact) mass is 403 g/mol. The highest BCUT2D eigenvalue weighted by Gasteiger charge is 2.23. The molecule has 3 N–H and O–H groups in total. The molecule has 160 valence electrons. The van der Waals surface area contributed by atoms with Crippen LogP contribution in [0.4, 0.5) is 5.69 Å². The van der Waals surface area contributed by atoms with E-state index in [1.165, 1.54) is 0 Å². The highest BCUT2D eigenvalue weighted by atomic mass is 16.5. The Labute approximate surface area is 172 Å². The molecule has 0 unspecified atom stereocenters. The Kier molecular flexibility index (Phi) is 7.50. The number of carbonyl (C=O) groups is 2. The maximum absolute atomic E-state index is 11.9. The van der Waals surface area contributed by atoms with Crippen LogP contribution in [0.3, 0.4) is 0 Å². The van der Waals surface area contributed by atoms with Crippen LogP contribution in [-0.4, -0.2) is 60.2 Å². The van der Waals surface area contributed by atoms with Gasteiger partial charge < -0.3 is 25.4 Å². The number of hydrogen-bond acceptors (Lipinski definition) is 5. The van der Waals surface area contributed by atoms with Gasteiger partial charge in [-0.25, -0.2) is 0 Å². The Morgan fingerprint density at radius 1 is 1.31 bits per heavy atom. The molecule has 7 heteroatoms. The fourth-order valence-corrected chi connectivity index (χ4v) is 3.98. The first-order valence-corrected chi connectivity index (χ1v) is 10.6. The fourth-order valence-electron chi connectivity index (χ4n) is 3.98. The van der Waals surface area contributed by atoms with Gasteiger partial charge in [0.1, 0.15) is 18.5 Å². The molecule has 0 aliphatic carbocycles. The first-order chi connectivity index (χ1) is 13.9. The summed E-state index contributed by atoms with van der Waals surface area (Å²) in [6, 6.07) is 5.84. The highest BCUT2D eigenvalue weighted by molar-refractivity contribution is 5.94. The molecule has 0 bridgehead atoms. The molecular weight excluding hydrogens is 370 g/mol. The SMILES string of the molecule is CC(C)CC(=O)NC1CCN(C[C@H](O)COc2cccc3c2CCC(=O)N3)CC1. The van der Waals surface area contributed by atoms with Crippen LogP contribution in [0.5, 0.6) is 5.75 Å². The van der Waals surface area contributed by atoms with Gasteiger partial charge >= 0.3 is 0 Å². The van der Waals surface area contributed by atoms with Gasteiger partial charge in [-0.3, -0.25) is 9.59 Å². The summed E-state index contributed by atoms with van der Waals surface area (Å²) in [6.07, 6.45) is 2.91. The Morgan fingerprint density at radius 2 is 2.07 bits per heavy atom. The Bertz CT molecular complexity index is 714. The number of fused-ring (bicyclic) bond motifs is 1. The Morgan fingerprint density at radius 3 is 2.79 bits per heavy atom. The second-order valence-electron chi connectivity index (χ2n) is 8.54. The van der Waals surface area contributed by atoms with E-state index in [0.717, 1.165) is 42.9 Å². The molecule has 2 amide bonds.